The Labute approximate surface area is 174 Å². The van der Waals surface area contributed by atoms with E-state index in [4.69, 9.17) is 22.1 Å². The lowest BCUT2D eigenvalue weighted by atomic mass is 10.0. The van der Waals surface area contributed by atoms with E-state index in [1.165, 1.54) is 13.2 Å². The number of amides is 1. The number of sulfone groups is 1. The topological polar surface area (TPSA) is 116 Å². The van der Waals surface area contributed by atoms with Gasteiger partial charge in [-0.3, -0.25) is 4.79 Å². The number of carbonyl (C=O) groups is 2. The van der Waals surface area contributed by atoms with E-state index in [2.05, 4.69) is 5.32 Å². The number of ether oxygens (including phenoxy) is 1. The van der Waals surface area contributed by atoms with Crippen LogP contribution in [0, 0.1) is 0 Å². The molecule has 1 unspecified atom stereocenters. The average Bonchev–Trinajstić information content (AvgIpc) is 2.71. The number of rotatable bonds is 5. The summed E-state index contributed by atoms with van der Waals surface area (Å²) >= 11 is 5.88. The molecule has 1 heterocycles. The Morgan fingerprint density at radius 1 is 1.24 bits per heavy atom. The number of esters is 1. The van der Waals surface area contributed by atoms with Crippen LogP contribution >= 0.6 is 11.6 Å². The summed E-state index contributed by atoms with van der Waals surface area (Å²) in [5, 5.41) is 3.14. The molecular formula is C20H21ClN2O5S. The van der Waals surface area contributed by atoms with E-state index in [0.29, 0.717) is 17.0 Å². The van der Waals surface area contributed by atoms with E-state index >= 15 is 0 Å². The van der Waals surface area contributed by atoms with Crippen molar-refractivity contribution < 1.29 is 22.7 Å². The van der Waals surface area contributed by atoms with E-state index in [1.807, 2.05) is 0 Å². The molecule has 1 aliphatic rings. The van der Waals surface area contributed by atoms with Gasteiger partial charge in [-0.1, -0.05) is 35.9 Å². The Hall–Kier alpha value is -2.42. The van der Waals surface area contributed by atoms with Gasteiger partial charge in [-0.2, -0.15) is 0 Å². The summed E-state index contributed by atoms with van der Waals surface area (Å²) in [6.07, 6.45) is 0.457. The lowest BCUT2D eigenvalue weighted by Crippen LogP contribution is -2.43. The molecule has 3 rings (SSSR count). The minimum atomic E-state index is -3.65. The molecule has 0 radical (unpaired) electrons. The van der Waals surface area contributed by atoms with Crippen LogP contribution in [0.5, 0.6) is 0 Å². The molecule has 7 nitrogen and oxygen atoms in total. The normalized spacial score (nSPS) is 18.4. The SMILES string of the molecule is COC(=O)[C@H](Cc1ccc(Cl)cc1)NC(=O)c1cccc2c1S(=O)(=O)CCC2N. The highest BCUT2D eigenvalue weighted by Gasteiger charge is 2.34. The second-order valence-electron chi connectivity index (χ2n) is 6.82. The first-order chi connectivity index (χ1) is 13.7. The molecule has 0 bridgehead atoms. The zero-order chi connectivity index (χ0) is 21.2. The molecule has 1 aliphatic heterocycles. The molecule has 2 atom stereocenters. The van der Waals surface area contributed by atoms with Gasteiger partial charge in [0.15, 0.2) is 9.84 Å². The van der Waals surface area contributed by atoms with Crippen LogP contribution in [0.25, 0.3) is 0 Å². The molecule has 154 valence electrons. The molecule has 2 aromatic rings. The zero-order valence-corrected chi connectivity index (χ0v) is 17.3. The maximum Gasteiger partial charge on any atom is 0.328 e. The number of benzene rings is 2. The highest BCUT2D eigenvalue weighted by molar-refractivity contribution is 7.91. The summed E-state index contributed by atoms with van der Waals surface area (Å²) < 4.78 is 30.0. The summed E-state index contributed by atoms with van der Waals surface area (Å²) in [5.41, 5.74) is 7.19. The average molecular weight is 437 g/mol. The zero-order valence-electron chi connectivity index (χ0n) is 15.7. The smallest absolute Gasteiger partial charge is 0.328 e. The molecule has 2 aromatic carbocycles. The Kier molecular flexibility index (Phi) is 6.26. The minimum absolute atomic E-state index is 0.0253. The van der Waals surface area contributed by atoms with Gasteiger partial charge in [0, 0.05) is 17.5 Å². The molecule has 0 aromatic heterocycles. The summed E-state index contributed by atoms with van der Waals surface area (Å²) in [4.78, 5) is 25.1. The molecule has 0 aliphatic carbocycles. The lowest BCUT2D eigenvalue weighted by molar-refractivity contribution is -0.142. The number of nitrogens with two attached hydrogens (primary N) is 1. The summed E-state index contributed by atoms with van der Waals surface area (Å²) in [7, 11) is -2.43. The van der Waals surface area contributed by atoms with Crippen molar-refractivity contribution in [2.45, 2.75) is 29.8 Å². The molecule has 29 heavy (non-hydrogen) atoms. The molecule has 0 fully saturated rings. The quantitative estimate of drug-likeness (QED) is 0.693. The first-order valence-electron chi connectivity index (χ1n) is 8.97. The fraction of sp³-hybridized carbons (Fsp3) is 0.300. The highest BCUT2D eigenvalue weighted by Crippen LogP contribution is 2.33. The summed E-state index contributed by atoms with van der Waals surface area (Å²) in [5.74, 6) is -1.45. The Balaban J connectivity index is 1.92. The van der Waals surface area contributed by atoms with Gasteiger partial charge in [0.2, 0.25) is 0 Å². The number of carbonyl (C=O) groups excluding carboxylic acids is 2. The first kappa shape index (κ1) is 21.3. The van der Waals surface area contributed by atoms with E-state index in [1.54, 1.807) is 36.4 Å². The van der Waals surface area contributed by atoms with Crippen LogP contribution in [-0.4, -0.2) is 39.2 Å². The third kappa shape index (κ3) is 4.60. The molecule has 0 spiro atoms. The van der Waals surface area contributed by atoms with Crippen LogP contribution in [0.2, 0.25) is 5.02 Å². The molecule has 0 saturated heterocycles. The fourth-order valence-electron chi connectivity index (χ4n) is 3.34. The van der Waals surface area contributed by atoms with Gasteiger partial charge in [0.1, 0.15) is 6.04 Å². The predicted molar refractivity (Wildman–Crippen MR) is 108 cm³/mol. The van der Waals surface area contributed by atoms with Gasteiger partial charge in [0.05, 0.1) is 23.3 Å². The number of hydrogen-bond acceptors (Lipinski definition) is 6. The van der Waals surface area contributed by atoms with Crippen LogP contribution < -0.4 is 11.1 Å². The first-order valence-corrected chi connectivity index (χ1v) is 11.0. The van der Waals surface area contributed by atoms with Crippen LogP contribution in [0.3, 0.4) is 0 Å². The molecule has 1 amide bonds. The molecule has 9 heteroatoms. The van der Waals surface area contributed by atoms with E-state index < -0.39 is 33.8 Å². The summed E-state index contributed by atoms with van der Waals surface area (Å²) in [6.45, 7) is 0. The van der Waals surface area contributed by atoms with Gasteiger partial charge >= 0.3 is 5.97 Å². The molecular weight excluding hydrogens is 416 g/mol. The monoisotopic (exact) mass is 436 g/mol. The van der Waals surface area contributed by atoms with Crippen LogP contribution in [0.4, 0.5) is 0 Å². The number of fused-ring (bicyclic) bond motifs is 1. The molecule has 3 N–H and O–H groups in total. The number of halogens is 1. The number of hydrogen-bond donors (Lipinski definition) is 2. The van der Waals surface area contributed by atoms with Crippen molar-refractivity contribution in [2.75, 3.05) is 12.9 Å². The Morgan fingerprint density at radius 3 is 2.59 bits per heavy atom. The van der Waals surface area contributed by atoms with E-state index in [9.17, 15) is 18.0 Å². The third-order valence-electron chi connectivity index (χ3n) is 4.84. The van der Waals surface area contributed by atoms with Crippen molar-refractivity contribution >= 4 is 33.3 Å². The fourth-order valence-corrected chi connectivity index (χ4v) is 5.31. The maximum absolute atomic E-state index is 12.9. The summed E-state index contributed by atoms with van der Waals surface area (Å²) in [6, 6.07) is 9.97. The largest absolute Gasteiger partial charge is 0.467 e. The maximum atomic E-state index is 12.9. The van der Waals surface area contributed by atoms with Gasteiger partial charge in [-0.25, -0.2) is 13.2 Å². The van der Waals surface area contributed by atoms with Gasteiger partial charge in [-0.05, 0) is 35.7 Å². The van der Waals surface area contributed by atoms with Crippen molar-refractivity contribution in [1.29, 1.82) is 0 Å². The minimum Gasteiger partial charge on any atom is -0.467 e. The van der Waals surface area contributed by atoms with E-state index in [0.717, 1.165) is 5.56 Å². The van der Waals surface area contributed by atoms with Gasteiger partial charge < -0.3 is 15.8 Å². The Morgan fingerprint density at radius 2 is 1.93 bits per heavy atom. The standard InChI is InChI=1S/C20H21ClN2O5S/c1-28-20(25)17(11-12-5-7-13(21)8-6-12)23-19(24)15-4-2-3-14-16(22)9-10-29(26,27)18(14)15/h2-8,16-17H,9-11,22H2,1H3,(H,23,24)/t16?,17-/m0/s1. The lowest BCUT2D eigenvalue weighted by Gasteiger charge is -2.25. The van der Waals surface area contributed by atoms with Crippen molar-refractivity contribution in [2.24, 2.45) is 5.73 Å². The highest BCUT2D eigenvalue weighted by atomic mass is 35.5. The van der Waals surface area contributed by atoms with Crippen molar-refractivity contribution in [3.63, 3.8) is 0 Å². The van der Waals surface area contributed by atoms with Gasteiger partial charge in [0.25, 0.3) is 5.91 Å². The Bertz CT molecular complexity index is 1040. The second-order valence-corrected chi connectivity index (χ2v) is 9.30. The van der Waals surface area contributed by atoms with Crippen LogP contribution in [0.1, 0.15) is 33.9 Å². The van der Waals surface area contributed by atoms with Gasteiger partial charge in [-0.15, -0.1) is 0 Å². The van der Waals surface area contributed by atoms with Crippen molar-refractivity contribution in [1.82, 2.24) is 5.32 Å². The third-order valence-corrected chi connectivity index (χ3v) is 6.95. The molecule has 0 saturated carbocycles. The van der Waals surface area contributed by atoms with E-state index in [-0.39, 0.29) is 22.6 Å². The van der Waals surface area contributed by atoms with Crippen molar-refractivity contribution in [3.8, 4) is 0 Å². The number of nitrogens with one attached hydrogen (secondary N) is 1. The van der Waals surface area contributed by atoms with Crippen LogP contribution in [-0.2, 0) is 25.8 Å². The second kappa shape index (κ2) is 8.52. The predicted octanol–water partition coefficient (Wildman–Crippen LogP) is 2.03. The number of methoxy groups -OCH3 is 1. The van der Waals surface area contributed by atoms with Crippen LogP contribution in [0.15, 0.2) is 47.4 Å². The van der Waals surface area contributed by atoms with Crippen molar-refractivity contribution in [3.05, 3.63) is 64.2 Å².